The van der Waals surface area contributed by atoms with Gasteiger partial charge in [0.2, 0.25) is 11.8 Å². The molecule has 2 fully saturated rings. The highest BCUT2D eigenvalue weighted by atomic mass is 16.5. The molecule has 1 aliphatic carbocycles. The molecule has 2 N–H and O–H groups in total. The van der Waals surface area contributed by atoms with E-state index >= 15 is 0 Å². The maximum atomic E-state index is 12.9. The number of piperidine rings is 1. The van der Waals surface area contributed by atoms with Crippen LogP contribution in [0.3, 0.4) is 0 Å². The highest BCUT2D eigenvalue weighted by molar-refractivity contribution is 6.00. The molecule has 0 unspecified atom stereocenters. The van der Waals surface area contributed by atoms with Gasteiger partial charge in [-0.3, -0.25) is 9.59 Å². The van der Waals surface area contributed by atoms with E-state index in [0.29, 0.717) is 23.4 Å². The molecule has 2 aliphatic rings. The zero-order valence-corrected chi connectivity index (χ0v) is 15.9. The zero-order chi connectivity index (χ0) is 19.0. The Labute approximate surface area is 158 Å². The van der Waals surface area contributed by atoms with Crippen molar-refractivity contribution >= 4 is 22.7 Å². The van der Waals surface area contributed by atoms with Crippen LogP contribution in [0.15, 0.2) is 18.3 Å². The van der Waals surface area contributed by atoms with Crippen molar-refractivity contribution in [2.24, 2.45) is 5.41 Å². The minimum atomic E-state index is -0.496. The predicted octanol–water partition coefficient (Wildman–Crippen LogP) is 2.48. The molecule has 0 radical (unpaired) electrons. The van der Waals surface area contributed by atoms with Gasteiger partial charge in [-0.05, 0) is 43.6 Å². The second-order valence-corrected chi connectivity index (χ2v) is 7.76. The Morgan fingerprint density at radius 3 is 2.67 bits per heavy atom. The van der Waals surface area contributed by atoms with Gasteiger partial charge in [-0.2, -0.15) is 0 Å². The number of aromatic nitrogens is 2. The van der Waals surface area contributed by atoms with Gasteiger partial charge in [-0.25, -0.2) is 4.98 Å². The molecule has 2 aromatic heterocycles. The molecule has 2 amide bonds. The lowest BCUT2D eigenvalue weighted by molar-refractivity contribution is -0.134. The predicted molar refractivity (Wildman–Crippen MR) is 102 cm³/mol. The lowest BCUT2D eigenvalue weighted by atomic mass is 9.93. The monoisotopic (exact) mass is 370 g/mol. The Morgan fingerprint density at radius 2 is 2.04 bits per heavy atom. The number of H-pyrrole nitrogens is 1. The van der Waals surface area contributed by atoms with Crippen LogP contribution >= 0.6 is 0 Å². The lowest BCUT2D eigenvalue weighted by Crippen LogP contribution is -2.50. The summed E-state index contributed by atoms with van der Waals surface area (Å²) in [6.45, 7) is 3.54. The van der Waals surface area contributed by atoms with E-state index in [4.69, 9.17) is 4.74 Å². The molecule has 1 spiro atoms. The van der Waals surface area contributed by atoms with Crippen LogP contribution < -0.4 is 10.1 Å². The van der Waals surface area contributed by atoms with E-state index in [1.807, 2.05) is 11.8 Å². The van der Waals surface area contributed by atoms with E-state index in [2.05, 4.69) is 15.3 Å². The number of methoxy groups -OCH3 is 1. The Kier molecular flexibility index (Phi) is 4.53. The number of carbonyl (C=O) groups is 2. The number of pyridine rings is 1. The molecule has 7 nitrogen and oxygen atoms in total. The number of rotatable bonds is 5. The molecule has 1 saturated carbocycles. The maximum absolute atomic E-state index is 12.9. The smallest absolute Gasteiger partial charge is 0.268 e. The number of nitrogens with one attached hydrogen (secondary N) is 2. The Hall–Kier alpha value is -2.57. The Balaban J connectivity index is 1.43. The number of nitrogens with zero attached hydrogens (tertiary/aromatic N) is 2. The topological polar surface area (TPSA) is 87.3 Å². The summed E-state index contributed by atoms with van der Waals surface area (Å²) in [4.78, 5) is 34.6. The average Bonchev–Trinajstić information content (AvgIpc) is 3.30. The number of aromatic amines is 1. The third-order valence-electron chi connectivity index (χ3n) is 6.04. The summed E-state index contributed by atoms with van der Waals surface area (Å²) in [7, 11) is 1.55. The van der Waals surface area contributed by atoms with Crippen molar-refractivity contribution in [3.8, 4) is 5.88 Å². The summed E-state index contributed by atoms with van der Waals surface area (Å²) < 4.78 is 5.12. The number of fused-ring (bicyclic) bond motifs is 1. The molecule has 1 atom stereocenters. The normalized spacial score (nSPS) is 19.1. The van der Waals surface area contributed by atoms with Crippen LogP contribution in [0.25, 0.3) is 10.9 Å². The third kappa shape index (κ3) is 3.50. The molecule has 0 aromatic carbocycles. The van der Waals surface area contributed by atoms with Crippen molar-refractivity contribution in [3.05, 3.63) is 24.0 Å². The number of ether oxygens (including phenoxy) is 1. The quantitative estimate of drug-likeness (QED) is 0.846. The summed E-state index contributed by atoms with van der Waals surface area (Å²) in [6, 6.07) is 3.03. The fourth-order valence-electron chi connectivity index (χ4n) is 3.92. The fraction of sp³-hybridized carbons (Fsp3) is 0.550. The van der Waals surface area contributed by atoms with E-state index in [1.54, 1.807) is 25.4 Å². The van der Waals surface area contributed by atoms with E-state index in [-0.39, 0.29) is 11.8 Å². The first-order chi connectivity index (χ1) is 13.0. The largest absolute Gasteiger partial charge is 0.481 e. The SMILES string of the molecule is CC[C@@H](NC(=O)c1cc2cc(OC)ncc2[nH]1)C(=O)N1CCC2(CC1)CC2. The number of carbonyl (C=O) groups excluding carboxylic acids is 2. The van der Waals surface area contributed by atoms with Gasteiger partial charge < -0.3 is 19.9 Å². The summed E-state index contributed by atoms with van der Waals surface area (Å²) in [5.74, 6) is 0.246. The van der Waals surface area contributed by atoms with Crippen molar-refractivity contribution < 1.29 is 14.3 Å². The zero-order valence-electron chi connectivity index (χ0n) is 15.9. The van der Waals surface area contributed by atoms with Crippen LogP contribution in [0.4, 0.5) is 0 Å². The lowest BCUT2D eigenvalue weighted by Gasteiger charge is -2.34. The molecule has 1 saturated heterocycles. The second kappa shape index (κ2) is 6.87. The van der Waals surface area contributed by atoms with Gasteiger partial charge in [0.25, 0.3) is 5.91 Å². The molecule has 144 valence electrons. The van der Waals surface area contributed by atoms with Crippen molar-refractivity contribution in [2.45, 2.75) is 45.1 Å². The Morgan fingerprint density at radius 1 is 1.30 bits per heavy atom. The minimum Gasteiger partial charge on any atom is -0.481 e. The fourth-order valence-corrected chi connectivity index (χ4v) is 3.92. The van der Waals surface area contributed by atoms with E-state index in [1.165, 1.54) is 12.8 Å². The summed E-state index contributed by atoms with van der Waals surface area (Å²) in [5.41, 5.74) is 1.70. The van der Waals surface area contributed by atoms with E-state index in [9.17, 15) is 9.59 Å². The molecule has 0 bridgehead atoms. The van der Waals surface area contributed by atoms with Gasteiger partial charge >= 0.3 is 0 Å². The first-order valence-electron chi connectivity index (χ1n) is 9.66. The van der Waals surface area contributed by atoms with E-state index in [0.717, 1.165) is 36.8 Å². The summed E-state index contributed by atoms with van der Waals surface area (Å²) in [5, 5.41) is 3.74. The average molecular weight is 370 g/mol. The summed E-state index contributed by atoms with van der Waals surface area (Å²) in [6.07, 6.45) is 7.02. The summed E-state index contributed by atoms with van der Waals surface area (Å²) >= 11 is 0. The van der Waals surface area contributed by atoms with Crippen molar-refractivity contribution in [3.63, 3.8) is 0 Å². The van der Waals surface area contributed by atoms with Crippen molar-refractivity contribution in [2.75, 3.05) is 20.2 Å². The number of likely N-dealkylation sites (tertiary alicyclic amines) is 1. The van der Waals surface area contributed by atoms with Crippen LogP contribution in [-0.4, -0.2) is 52.9 Å². The van der Waals surface area contributed by atoms with Gasteiger partial charge in [0.15, 0.2) is 0 Å². The van der Waals surface area contributed by atoms with E-state index < -0.39 is 6.04 Å². The van der Waals surface area contributed by atoms with Gasteiger partial charge in [0.05, 0.1) is 18.8 Å². The number of hydrogen-bond donors (Lipinski definition) is 2. The molecule has 3 heterocycles. The maximum Gasteiger partial charge on any atom is 0.268 e. The molecular formula is C20H26N4O3. The van der Waals surface area contributed by atoms with Crippen LogP contribution in [0.2, 0.25) is 0 Å². The molecule has 7 heteroatoms. The van der Waals surface area contributed by atoms with Gasteiger partial charge in [0.1, 0.15) is 11.7 Å². The Bertz CT molecular complexity index is 861. The van der Waals surface area contributed by atoms with Gasteiger partial charge in [-0.1, -0.05) is 6.92 Å². The van der Waals surface area contributed by atoms with Crippen LogP contribution in [0.1, 0.15) is 49.5 Å². The van der Waals surface area contributed by atoms with Crippen molar-refractivity contribution in [1.82, 2.24) is 20.2 Å². The molecule has 2 aromatic rings. The molecule has 4 rings (SSSR count). The highest BCUT2D eigenvalue weighted by Gasteiger charge is 2.45. The number of amides is 2. The van der Waals surface area contributed by atoms with Gasteiger partial charge in [0, 0.05) is 24.5 Å². The van der Waals surface area contributed by atoms with Crippen LogP contribution in [0, 0.1) is 5.41 Å². The second-order valence-electron chi connectivity index (χ2n) is 7.76. The molecule has 1 aliphatic heterocycles. The van der Waals surface area contributed by atoms with Gasteiger partial charge in [-0.15, -0.1) is 0 Å². The first kappa shape index (κ1) is 17.8. The van der Waals surface area contributed by atoms with Crippen LogP contribution in [0.5, 0.6) is 5.88 Å². The standard InChI is InChI=1S/C20H26N4O3/c1-3-14(19(26)24-8-6-20(4-5-20)7-9-24)23-18(25)15-10-13-11-17(27-2)21-12-16(13)22-15/h10-12,14,22H,3-9H2,1-2H3,(H,23,25)/t14-/m1/s1. The highest BCUT2D eigenvalue weighted by Crippen LogP contribution is 2.53. The minimum absolute atomic E-state index is 0.0285. The van der Waals surface area contributed by atoms with Crippen molar-refractivity contribution in [1.29, 1.82) is 0 Å². The molecule has 27 heavy (non-hydrogen) atoms. The van der Waals surface area contributed by atoms with Crippen LogP contribution in [-0.2, 0) is 4.79 Å². The third-order valence-corrected chi connectivity index (χ3v) is 6.04. The number of hydrogen-bond acceptors (Lipinski definition) is 4. The first-order valence-corrected chi connectivity index (χ1v) is 9.66. The molecular weight excluding hydrogens is 344 g/mol.